The van der Waals surface area contributed by atoms with Gasteiger partial charge in [-0.15, -0.1) is 0 Å². The Morgan fingerprint density at radius 1 is 1.00 bits per heavy atom. The fraction of sp³-hybridized carbons (Fsp3) is 0.588. The first-order chi connectivity index (χ1) is 11.1. The summed E-state index contributed by atoms with van der Waals surface area (Å²) in [6, 6.07) is 9.32. The van der Waals surface area contributed by atoms with Gasteiger partial charge >= 0.3 is 0 Å². The molecule has 0 radical (unpaired) electrons. The van der Waals surface area contributed by atoms with Crippen LogP contribution in [0.5, 0.6) is 0 Å². The monoisotopic (exact) mass is 334 g/mol. The van der Waals surface area contributed by atoms with Crippen molar-refractivity contribution in [3.8, 4) is 0 Å². The number of rotatable bonds is 3. The van der Waals surface area contributed by atoms with Crippen molar-refractivity contribution in [1.29, 1.82) is 0 Å². The molecule has 1 amide bonds. The van der Waals surface area contributed by atoms with Crippen LogP contribution in [0.4, 0.5) is 0 Å². The Kier molecular flexibility index (Phi) is 3.69. The normalized spacial score (nSPS) is 29.4. The largest absolute Gasteiger partial charge is 0.336 e. The Balaban J connectivity index is 1.54. The summed E-state index contributed by atoms with van der Waals surface area (Å²) >= 11 is 0. The molecule has 2 saturated heterocycles. The number of amides is 1. The fourth-order valence-corrected chi connectivity index (χ4v) is 5.58. The van der Waals surface area contributed by atoms with Gasteiger partial charge in [0, 0.05) is 31.6 Å². The van der Waals surface area contributed by atoms with Crippen molar-refractivity contribution in [3.63, 3.8) is 0 Å². The van der Waals surface area contributed by atoms with E-state index >= 15 is 0 Å². The Labute approximate surface area is 137 Å². The summed E-state index contributed by atoms with van der Waals surface area (Å²) in [5.41, 5.74) is 0. The number of hydrogen-bond donors (Lipinski definition) is 0. The second-order valence-electron chi connectivity index (χ2n) is 6.86. The molecule has 0 aromatic heterocycles. The quantitative estimate of drug-likeness (QED) is 0.848. The second kappa shape index (κ2) is 5.60. The number of fused-ring (bicyclic) bond motifs is 1. The van der Waals surface area contributed by atoms with Crippen molar-refractivity contribution in [2.45, 2.75) is 49.1 Å². The molecule has 2 heterocycles. The summed E-state index contributed by atoms with van der Waals surface area (Å²) in [5, 5.41) is 0. The van der Waals surface area contributed by atoms with Gasteiger partial charge in [-0.25, -0.2) is 8.42 Å². The van der Waals surface area contributed by atoms with Crippen LogP contribution in [0.1, 0.15) is 32.1 Å². The first-order valence-corrected chi connectivity index (χ1v) is 9.88. The van der Waals surface area contributed by atoms with Crippen LogP contribution in [-0.2, 0) is 14.8 Å². The van der Waals surface area contributed by atoms with Crippen molar-refractivity contribution in [1.82, 2.24) is 9.21 Å². The Hall–Kier alpha value is -1.40. The summed E-state index contributed by atoms with van der Waals surface area (Å²) in [4.78, 5) is 14.7. The molecule has 3 fully saturated rings. The third kappa shape index (κ3) is 2.68. The van der Waals surface area contributed by atoms with Crippen LogP contribution in [-0.4, -0.2) is 48.7 Å². The predicted molar refractivity (Wildman–Crippen MR) is 86.2 cm³/mol. The summed E-state index contributed by atoms with van der Waals surface area (Å²) in [6.07, 6.45) is 4.37. The Morgan fingerprint density at radius 2 is 1.74 bits per heavy atom. The molecule has 23 heavy (non-hydrogen) atoms. The number of carbonyl (C=O) groups excluding carboxylic acids is 1. The van der Waals surface area contributed by atoms with Gasteiger partial charge in [0.05, 0.1) is 4.90 Å². The standard InChI is InChI=1S/C17H22N2O3S/c20-17-9-6-13-12-18(11-10-16(13)19(17)14-7-8-14)23(21,22)15-4-2-1-3-5-15/h1-5,13-14,16H,6-12H2. The van der Waals surface area contributed by atoms with Gasteiger partial charge in [0.25, 0.3) is 0 Å². The number of benzene rings is 1. The molecule has 0 N–H and O–H groups in total. The molecule has 2 unspecified atom stereocenters. The number of hydrogen-bond acceptors (Lipinski definition) is 3. The minimum atomic E-state index is -3.42. The van der Waals surface area contributed by atoms with Gasteiger partial charge in [-0.3, -0.25) is 4.79 Å². The van der Waals surface area contributed by atoms with E-state index in [0.717, 1.165) is 25.7 Å². The summed E-state index contributed by atoms with van der Waals surface area (Å²) in [6.45, 7) is 1.05. The van der Waals surface area contributed by atoms with E-state index in [0.29, 0.717) is 30.4 Å². The van der Waals surface area contributed by atoms with Gasteiger partial charge < -0.3 is 4.90 Å². The lowest BCUT2D eigenvalue weighted by Gasteiger charge is -2.46. The molecule has 1 saturated carbocycles. The van der Waals surface area contributed by atoms with E-state index < -0.39 is 10.0 Å². The summed E-state index contributed by atoms with van der Waals surface area (Å²) in [7, 11) is -3.42. The van der Waals surface area contributed by atoms with Crippen LogP contribution in [0.2, 0.25) is 0 Å². The SMILES string of the molecule is O=C1CCC2CN(S(=O)(=O)c3ccccc3)CCC2N1C1CC1. The number of sulfonamides is 1. The van der Waals surface area contributed by atoms with Crippen LogP contribution in [0.25, 0.3) is 0 Å². The van der Waals surface area contributed by atoms with E-state index in [1.807, 2.05) is 6.07 Å². The molecule has 2 atom stereocenters. The van der Waals surface area contributed by atoms with Gasteiger partial charge in [0.15, 0.2) is 0 Å². The highest BCUT2D eigenvalue weighted by atomic mass is 32.2. The maximum absolute atomic E-state index is 12.8. The van der Waals surface area contributed by atoms with Gasteiger partial charge in [-0.2, -0.15) is 4.31 Å². The molecule has 124 valence electrons. The molecule has 2 aliphatic heterocycles. The molecule has 1 aliphatic carbocycles. The number of piperidine rings is 2. The van der Waals surface area contributed by atoms with E-state index in [-0.39, 0.29) is 17.9 Å². The zero-order valence-electron chi connectivity index (χ0n) is 13.1. The smallest absolute Gasteiger partial charge is 0.243 e. The Bertz CT molecular complexity index is 700. The first kappa shape index (κ1) is 15.1. The van der Waals surface area contributed by atoms with Crippen LogP contribution in [0, 0.1) is 5.92 Å². The number of nitrogens with zero attached hydrogens (tertiary/aromatic N) is 2. The lowest BCUT2D eigenvalue weighted by Crippen LogP contribution is -2.57. The van der Waals surface area contributed by atoms with Crippen LogP contribution in [0.3, 0.4) is 0 Å². The molecular formula is C17H22N2O3S. The zero-order valence-corrected chi connectivity index (χ0v) is 13.9. The molecule has 1 aromatic rings. The van der Waals surface area contributed by atoms with Crippen LogP contribution >= 0.6 is 0 Å². The highest BCUT2D eigenvalue weighted by Gasteiger charge is 2.46. The molecule has 5 nitrogen and oxygen atoms in total. The zero-order chi connectivity index (χ0) is 16.0. The van der Waals surface area contributed by atoms with Gasteiger partial charge in [-0.05, 0) is 43.7 Å². The van der Waals surface area contributed by atoms with Gasteiger partial charge in [0.2, 0.25) is 15.9 Å². The predicted octanol–water partition coefficient (Wildman–Crippen LogP) is 1.85. The molecule has 0 bridgehead atoms. The molecular weight excluding hydrogens is 312 g/mol. The maximum Gasteiger partial charge on any atom is 0.243 e. The van der Waals surface area contributed by atoms with Crippen molar-refractivity contribution < 1.29 is 13.2 Å². The molecule has 0 spiro atoms. The van der Waals surface area contributed by atoms with E-state index in [4.69, 9.17) is 0 Å². The van der Waals surface area contributed by atoms with Gasteiger partial charge in [-0.1, -0.05) is 18.2 Å². The topological polar surface area (TPSA) is 57.7 Å². The summed E-state index contributed by atoms with van der Waals surface area (Å²) < 4.78 is 27.2. The average Bonchev–Trinajstić information content (AvgIpc) is 3.40. The van der Waals surface area contributed by atoms with E-state index in [1.165, 1.54) is 0 Å². The van der Waals surface area contributed by atoms with Crippen LogP contribution < -0.4 is 0 Å². The van der Waals surface area contributed by atoms with Crippen molar-refractivity contribution in [2.75, 3.05) is 13.1 Å². The average molecular weight is 334 g/mol. The van der Waals surface area contributed by atoms with Crippen molar-refractivity contribution in [3.05, 3.63) is 30.3 Å². The maximum atomic E-state index is 12.8. The van der Waals surface area contributed by atoms with E-state index in [1.54, 1.807) is 28.6 Å². The Morgan fingerprint density at radius 3 is 2.43 bits per heavy atom. The molecule has 4 rings (SSSR count). The summed E-state index contributed by atoms with van der Waals surface area (Å²) in [5.74, 6) is 0.550. The minimum Gasteiger partial charge on any atom is -0.336 e. The highest BCUT2D eigenvalue weighted by Crippen LogP contribution is 2.39. The van der Waals surface area contributed by atoms with E-state index in [9.17, 15) is 13.2 Å². The number of carbonyl (C=O) groups is 1. The molecule has 6 heteroatoms. The highest BCUT2D eigenvalue weighted by molar-refractivity contribution is 7.89. The van der Waals surface area contributed by atoms with Crippen molar-refractivity contribution >= 4 is 15.9 Å². The third-order valence-electron chi connectivity index (χ3n) is 5.35. The first-order valence-electron chi connectivity index (χ1n) is 8.44. The van der Waals surface area contributed by atoms with Crippen LogP contribution in [0.15, 0.2) is 35.2 Å². The second-order valence-corrected chi connectivity index (χ2v) is 8.80. The van der Waals surface area contributed by atoms with Gasteiger partial charge in [0.1, 0.15) is 0 Å². The minimum absolute atomic E-state index is 0.242. The van der Waals surface area contributed by atoms with Crippen molar-refractivity contribution in [2.24, 2.45) is 5.92 Å². The fourth-order valence-electron chi connectivity index (χ4n) is 4.05. The lowest BCUT2D eigenvalue weighted by molar-refractivity contribution is -0.141. The molecule has 3 aliphatic rings. The van der Waals surface area contributed by atoms with E-state index in [2.05, 4.69) is 4.90 Å². The molecule has 1 aromatic carbocycles. The number of likely N-dealkylation sites (tertiary alicyclic amines) is 1. The third-order valence-corrected chi connectivity index (χ3v) is 7.23. The lowest BCUT2D eigenvalue weighted by atomic mass is 9.84.